The highest BCUT2D eigenvalue weighted by Crippen LogP contribution is 2.28. The van der Waals surface area contributed by atoms with E-state index in [0.29, 0.717) is 15.4 Å². The lowest BCUT2D eigenvalue weighted by Gasteiger charge is -2.30. The monoisotopic (exact) mass is 515 g/mol. The van der Waals surface area contributed by atoms with Crippen molar-refractivity contribution in [2.24, 2.45) is 4.99 Å². The lowest BCUT2D eigenvalue weighted by molar-refractivity contribution is 0.0997. The van der Waals surface area contributed by atoms with Gasteiger partial charge in [0.1, 0.15) is 0 Å². The summed E-state index contributed by atoms with van der Waals surface area (Å²) < 4.78 is 30.3. The van der Waals surface area contributed by atoms with Crippen LogP contribution in [0.25, 0.3) is 10.2 Å². The molecule has 9 heteroatoms. The molecule has 0 saturated heterocycles. The van der Waals surface area contributed by atoms with Gasteiger partial charge in [0, 0.05) is 23.7 Å². The fourth-order valence-corrected chi connectivity index (χ4v) is 7.02. The Morgan fingerprint density at radius 2 is 1.88 bits per heavy atom. The van der Waals surface area contributed by atoms with Gasteiger partial charge < -0.3 is 4.57 Å². The number of hydrogen-bond acceptors (Lipinski definition) is 4. The number of rotatable bonds is 5. The second-order valence-electron chi connectivity index (χ2n) is 8.45. The molecule has 1 aromatic heterocycles. The number of fused-ring (bicyclic) bond motifs is 1. The maximum Gasteiger partial charge on any atom is 0.279 e. The molecule has 3 aromatic rings. The Hall–Kier alpha value is -2.44. The Balaban J connectivity index is 1.65. The molecule has 1 amide bonds. The fourth-order valence-electron chi connectivity index (χ4n) is 4.37. The van der Waals surface area contributed by atoms with Crippen molar-refractivity contribution < 1.29 is 13.2 Å². The highest BCUT2D eigenvalue weighted by atomic mass is 35.5. The quantitative estimate of drug-likeness (QED) is 0.449. The first-order valence-electron chi connectivity index (χ1n) is 11.1. The van der Waals surface area contributed by atoms with E-state index in [4.69, 9.17) is 18.0 Å². The van der Waals surface area contributed by atoms with E-state index < -0.39 is 15.9 Å². The van der Waals surface area contributed by atoms with Crippen LogP contribution in [0.3, 0.4) is 0 Å². The summed E-state index contributed by atoms with van der Waals surface area (Å²) in [4.78, 5) is 17.9. The number of terminal acetylenes is 1. The first-order chi connectivity index (χ1) is 16.2. The van der Waals surface area contributed by atoms with E-state index in [1.165, 1.54) is 39.9 Å². The number of hydrogen-bond donors (Lipinski definition) is 0. The molecule has 0 unspecified atom stereocenters. The van der Waals surface area contributed by atoms with E-state index in [9.17, 15) is 13.2 Å². The van der Waals surface area contributed by atoms with Gasteiger partial charge in [-0.2, -0.15) is 9.30 Å². The van der Waals surface area contributed by atoms with Gasteiger partial charge in [-0.1, -0.05) is 48.1 Å². The van der Waals surface area contributed by atoms with Crippen molar-refractivity contribution >= 4 is 49.1 Å². The molecule has 1 heterocycles. The summed E-state index contributed by atoms with van der Waals surface area (Å²) in [5.74, 6) is 2.14. The number of amides is 1. The molecular weight excluding hydrogens is 490 g/mol. The smallest absolute Gasteiger partial charge is 0.279 e. The third-order valence-corrected chi connectivity index (χ3v) is 9.72. The molecular formula is C25H26ClN3O3S2. The first-order valence-corrected chi connectivity index (χ1v) is 13.8. The SMILES string of the molecule is C#CCn1c(=NC(=O)c2ccc(S(=O)(=O)N(C)C3CCCCC3)cc2)sc2ccc(Cl)c(C)c21. The van der Waals surface area contributed by atoms with E-state index in [1.807, 2.05) is 19.1 Å². The van der Waals surface area contributed by atoms with Crippen LogP contribution < -0.4 is 4.80 Å². The van der Waals surface area contributed by atoms with Crippen molar-refractivity contribution in [3.63, 3.8) is 0 Å². The molecule has 6 nitrogen and oxygen atoms in total. The summed E-state index contributed by atoms with van der Waals surface area (Å²) in [6.07, 6.45) is 10.6. The van der Waals surface area contributed by atoms with Gasteiger partial charge in [0.25, 0.3) is 5.91 Å². The van der Waals surface area contributed by atoms with E-state index in [1.54, 1.807) is 11.6 Å². The maximum atomic E-state index is 13.1. The zero-order valence-electron chi connectivity index (χ0n) is 19.1. The number of nitrogens with zero attached hydrogens (tertiary/aromatic N) is 3. The zero-order chi connectivity index (χ0) is 24.5. The summed E-state index contributed by atoms with van der Waals surface area (Å²) >= 11 is 7.64. The zero-order valence-corrected chi connectivity index (χ0v) is 21.5. The number of sulfonamides is 1. The second kappa shape index (κ2) is 10.0. The van der Waals surface area contributed by atoms with Crippen molar-refractivity contribution in [3.05, 3.63) is 57.3 Å². The summed E-state index contributed by atoms with van der Waals surface area (Å²) in [5, 5.41) is 0.615. The van der Waals surface area contributed by atoms with Gasteiger partial charge in [0.05, 0.1) is 21.7 Å². The molecule has 0 N–H and O–H groups in total. The van der Waals surface area contributed by atoms with Crippen LogP contribution in [0.4, 0.5) is 0 Å². The summed E-state index contributed by atoms with van der Waals surface area (Å²) in [6.45, 7) is 2.15. The second-order valence-corrected chi connectivity index (χ2v) is 11.9. The standard InChI is InChI=1S/C25H26ClN3O3S2/c1-4-16-29-23-17(2)21(26)14-15-22(23)33-25(29)27-24(30)18-10-12-20(13-11-18)34(31,32)28(3)19-8-6-5-7-9-19/h1,10-15,19H,5-9,16H2,2-3H3. The average Bonchev–Trinajstić information content (AvgIpc) is 3.19. The predicted octanol–water partition coefficient (Wildman–Crippen LogP) is 4.99. The minimum Gasteiger partial charge on any atom is -0.304 e. The third-order valence-electron chi connectivity index (χ3n) is 6.34. The molecule has 0 aliphatic heterocycles. The summed E-state index contributed by atoms with van der Waals surface area (Å²) in [7, 11) is -1.99. The van der Waals surface area contributed by atoms with Crippen LogP contribution in [0.5, 0.6) is 0 Å². The number of aromatic nitrogens is 1. The summed E-state index contributed by atoms with van der Waals surface area (Å²) in [5.41, 5.74) is 2.03. The first kappa shape index (κ1) is 24.7. The minimum absolute atomic E-state index is 0.0200. The molecule has 178 valence electrons. The van der Waals surface area contributed by atoms with Crippen molar-refractivity contribution in [3.8, 4) is 12.3 Å². The summed E-state index contributed by atoms with van der Waals surface area (Å²) in [6, 6.07) is 9.68. The van der Waals surface area contributed by atoms with E-state index in [0.717, 1.165) is 47.9 Å². The van der Waals surface area contributed by atoms with Crippen LogP contribution in [0.1, 0.15) is 48.0 Å². The van der Waals surface area contributed by atoms with Crippen LogP contribution in [-0.2, 0) is 16.6 Å². The minimum atomic E-state index is -3.63. The average molecular weight is 516 g/mol. The highest BCUT2D eigenvalue weighted by molar-refractivity contribution is 7.89. The molecule has 1 saturated carbocycles. The number of aryl methyl sites for hydroxylation is 1. The molecule has 2 aromatic carbocycles. The molecule has 0 spiro atoms. The van der Waals surface area contributed by atoms with Gasteiger partial charge >= 0.3 is 0 Å². The number of halogens is 1. The predicted molar refractivity (Wildman–Crippen MR) is 137 cm³/mol. The molecule has 1 aliphatic rings. The molecule has 4 rings (SSSR count). The van der Waals surface area contributed by atoms with Gasteiger partial charge in [0.2, 0.25) is 10.0 Å². The van der Waals surface area contributed by atoms with Gasteiger partial charge in [-0.15, -0.1) is 6.42 Å². The Labute approximate surface area is 208 Å². The van der Waals surface area contributed by atoms with Gasteiger partial charge in [-0.3, -0.25) is 4.79 Å². The van der Waals surface area contributed by atoms with E-state index >= 15 is 0 Å². The largest absolute Gasteiger partial charge is 0.304 e. The van der Waals surface area contributed by atoms with Crippen LogP contribution in [-0.4, -0.2) is 36.3 Å². The normalized spacial score (nSPS) is 15.7. The Morgan fingerprint density at radius 3 is 2.53 bits per heavy atom. The van der Waals surface area contributed by atoms with Crippen LogP contribution in [0, 0.1) is 19.3 Å². The molecule has 1 aliphatic carbocycles. The number of thiazole rings is 1. The Morgan fingerprint density at radius 1 is 1.21 bits per heavy atom. The fraction of sp³-hybridized carbons (Fsp3) is 0.360. The van der Waals surface area contributed by atoms with Gasteiger partial charge in [-0.05, 0) is 61.7 Å². The highest BCUT2D eigenvalue weighted by Gasteiger charge is 2.29. The lowest BCUT2D eigenvalue weighted by atomic mass is 9.96. The number of carbonyl (C=O) groups is 1. The van der Waals surface area contributed by atoms with Gasteiger partial charge in [0.15, 0.2) is 4.80 Å². The van der Waals surface area contributed by atoms with Crippen molar-refractivity contribution in [2.75, 3.05) is 7.05 Å². The molecule has 0 bridgehead atoms. The van der Waals surface area contributed by atoms with E-state index in [2.05, 4.69) is 10.9 Å². The molecule has 1 fully saturated rings. The number of benzene rings is 2. The topological polar surface area (TPSA) is 71.7 Å². The molecule has 0 radical (unpaired) electrons. The number of carbonyl (C=O) groups excluding carboxylic acids is 1. The van der Waals surface area contributed by atoms with Crippen molar-refractivity contribution in [1.29, 1.82) is 0 Å². The molecule has 34 heavy (non-hydrogen) atoms. The van der Waals surface area contributed by atoms with E-state index in [-0.39, 0.29) is 17.5 Å². The lowest BCUT2D eigenvalue weighted by Crippen LogP contribution is -2.38. The Bertz CT molecular complexity index is 1440. The molecule has 0 atom stereocenters. The van der Waals surface area contributed by atoms with Crippen LogP contribution in [0.2, 0.25) is 5.02 Å². The third kappa shape index (κ3) is 4.71. The van der Waals surface area contributed by atoms with Crippen LogP contribution >= 0.6 is 22.9 Å². The van der Waals surface area contributed by atoms with Crippen molar-refractivity contribution in [1.82, 2.24) is 8.87 Å². The van der Waals surface area contributed by atoms with Gasteiger partial charge in [-0.25, -0.2) is 8.42 Å². The maximum absolute atomic E-state index is 13.1. The van der Waals surface area contributed by atoms with Crippen molar-refractivity contribution in [2.45, 2.75) is 56.5 Å². The van der Waals surface area contributed by atoms with Crippen LogP contribution in [0.15, 0.2) is 46.3 Å². The Kier molecular flexibility index (Phi) is 7.29.